The van der Waals surface area contributed by atoms with Crippen LogP contribution in [0, 0.1) is 5.82 Å². The Morgan fingerprint density at radius 3 is 2.43 bits per heavy atom. The summed E-state index contributed by atoms with van der Waals surface area (Å²) < 4.78 is 38.6. The second-order valence-corrected chi connectivity index (χ2v) is 7.91. The molecule has 5 nitrogen and oxygen atoms in total. The summed E-state index contributed by atoms with van der Waals surface area (Å²) in [6.45, 7) is 2.83. The molecule has 1 amide bonds. The molecule has 0 unspecified atom stereocenters. The first kappa shape index (κ1) is 17.9. The molecule has 2 rings (SSSR count). The first-order valence-electron chi connectivity index (χ1n) is 7.96. The number of hydrogen-bond donors (Lipinski definition) is 1. The number of hydrogen-bond acceptors (Lipinski definition) is 3. The van der Waals surface area contributed by atoms with Gasteiger partial charge in [0.2, 0.25) is 10.0 Å². The molecule has 1 N–H and O–H groups in total. The van der Waals surface area contributed by atoms with E-state index in [4.69, 9.17) is 0 Å². The Hall–Kier alpha value is -1.47. The van der Waals surface area contributed by atoms with Crippen molar-refractivity contribution in [3.63, 3.8) is 0 Å². The van der Waals surface area contributed by atoms with Crippen molar-refractivity contribution < 1.29 is 17.6 Å². The average molecular weight is 342 g/mol. The lowest BCUT2D eigenvalue weighted by Gasteiger charge is -2.31. The van der Waals surface area contributed by atoms with Gasteiger partial charge in [0.25, 0.3) is 5.91 Å². The van der Waals surface area contributed by atoms with Crippen LogP contribution < -0.4 is 5.32 Å². The van der Waals surface area contributed by atoms with Gasteiger partial charge in [0.1, 0.15) is 5.82 Å². The third-order valence-electron chi connectivity index (χ3n) is 4.04. The van der Waals surface area contributed by atoms with Crippen molar-refractivity contribution in [1.29, 1.82) is 0 Å². The van der Waals surface area contributed by atoms with Crippen LogP contribution in [0.1, 0.15) is 43.0 Å². The number of unbranched alkanes of at least 4 members (excludes halogenated alkanes) is 1. The molecule has 0 saturated carbocycles. The molecular weight excluding hydrogens is 319 g/mol. The highest BCUT2D eigenvalue weighted by Gasteiger charge is 2.28. The summed E-state index contributed by atoms with van der Waals surface area (Å²) >= 11 is 0. The standard InChI is InChI=1S/C16H23FN2O3S/c1-2-3-12-23(21,22)19-10-8-15(9-11-19)18-16(20)13-4-6-14(17)7-5-13/h4-7,15H,2-3,8-12H2,1H3,(H,18,20). The molecule has 0 aromatic heterocycles. The van der Waals surface area contributed by atoms with Crippen LogP contribution in [0.4, 0.5) is 4.39 Å². The lowest BCUT2D eigenvalue weighted by Crippen LogP contribution is -2.47. The second-order valence-electron chi connectivity index (χ2n) is 5.82. The van der Waals surface area contributed by atoms with Gasteiger partial charge in [-0.1, -0.05) is 13.3 Å². The van der Waals surface area contributed by atoms with Crippen LogP contribution in [0.2, 0.25) is 0 Å². The third kappa shape index (κ3) is 5.00. The zero-order chi connectivity index (χ0) is 16.9. The average Bonchev–Trinajstić information content (AvgIpc) is 2.54. The van der Waals surface area contributed by atoms with E-state index in [1.807, 2.05) is 6.92 Å². The quantitative estimate of drug-likeness (QED) is 0.861. The summed E-state index contributed by atoms with van der Waals surface area (Å²) in [5.41, 5.74) is 0.407. The molecule has 0 bridgehead atoms. The minimum Gasteiger partial charge on any atom is -0.349 e. The number of carbonyl (C=O) groups is 1. The van der Waals surface area contributed by atoms with E-state index >= 15 is 0 Å². The fraction of sp³-hybridized carbons (Fsp3) is 0.562. The van der Waals surface area contributed by atoms with Gasteiger partial charge in [-0.25, -0.2) is 17.1 Å². The monoisotopic (exact) mass is 342 g/mol. The minimum absolute atomic E-state index is 0.0508. The van der Waals surface area contributed by atoms with E-state index in [1.165, 1.54) is 28.6 Å². The molecule has 0 radical (unpaired) electrons. The second kappa shape index (κ2) is 7.88. The normalized spacial score (nSPS) is 17.1. The van der Waals surface area contributed by atoms with E-state index in [2.05, 4.69) is 5.32 Å². The molecule has 7 heteroatoms. The largest absolute Gasteiger partial charge is 0.349 e. The maximum absolute atomic E-state index is 12.9. The summed E-state index contributed by atoms with van der Waals surface area (Å²) in [7, 11) is -3.18. The Bertz CT molecular complexity index is 623. The Morgan fingerprint density at radius 1 is 1.26 bits per heavy atom. The molecule has 0 spiro atoms. The molecule has 1 aromatic carbocycles. The first-order chi connectivity index (χ1) is 10.9. The van der Waals surface area contributed by atoms with E-state index in [9.17, 15) is 17.6 Å². The molecule has 1 aliphatic heterocycles. The summed E-state index contributed by atoms with van der Waals surface area (Å²) in [6, 6.07) is 5.32. The van der Waals surface area contributed by atoms with Crippen LogP contribution >= 0.6 is 0 Å². The number of sulfonamides is 1. The van der Waals surface area contributed by atoms with Crippen LogP contribution in [0.3, 0.4) is 0 Å². The number of rotatable bonds is 6. The van der Waals surface area contributed by atoms with Crippen LogP contribution in [0.5, 0.6) is 0 Å². The molecule has 128 valence electrons. The predicted molar refractivity (Wildman–Crippen MR) is 87.2 cm³/mol. The highest BCUT2D eigenvalue weighted by Crippen LogP contribution is 2.16. The van der Waals surface area contributed by atoms with Crippen LogP contribution in [0.15, 0.2) is 24.3 Å². The van der Waals surface area contributed by atoms with Gasteiger partial charge in [-0.05, 0) is 43.5 Å². The molecule has 0 aliphatic carbocycles. The topological polar surface area (TPSA) is 66.5 Å². The Morgan fingerprint density at radius 2 is 1.87 bits per heavy atom. The third-order valence-corrected chi connectivity index (χ3v) is 6.00. The van der Waals surface area contributed by atoms with E-state index < -0.39 is 10.0 Å². The van der Waals surface area contributed by atoms with Gasteiger partial charge >= 0.3 is 0 Å². The summed E-state index contributed by atoms with van der Waals surface area (Å²) in [4.78, 5) is 12.1. The van der Waals surface area contributed by atoms with Gasteiger partial charge < -0.3 is 5.32 Å². The van der Waals surface area contributed by atoms with E-state index in [1.54, 1.807) is 0 Å². The Labute approximate surface area is 136 Å². The number of halogens is 1. The number of benzene rings is 1. The van der Waals surface area contributed by atoms with Crippen molar-refractivity contribution in [3.8, 4) is 0 Å². The summed E-state index contributed by atoms with van der Waals surface area (Å²) in [5.74, 6) is -0.444. The number of carbonyl (C=O) groups excluding carboxylic acids is 1. The molecule has 23 heavy (non-hydrogen) atoms. The van der Waals surface area contributed by atoms with Crippen molar-refractivity contribution in [1.82, 2.24) is 9.62 Å². The number of nitrogens with one attached hydrogen (secondary N) is 1. The molecule has 1 aromatic rings. The smallest absolute Gasteiger partial charge is 0.251 e. The molecule has 0 atom stereocenters. The fourth-order valence-corrected chi connectivity index (χ4v) is 4.28. The minimum atomic E-state index is -3.18. The van der Waals surface area contributed by atoms with E-state index in [-0.39, 0.29) is 23.5 Å². The predicted octanol–water partition coefficient (Wildman–Crippen LogP) is 2.15. The SMILES string of the molecule is CCCCS(=O)(=O)N1CCC(NC(=O)c2ccc(F)cc2)CC1. The Balaban J connectivity index is 1.85. The summed E-state index contributed by atoms with van der Waals surface area (Å²) in [6.07, 6.45) is 2.71. The zero-order valence-electron chi connectivity index (χ0n) is 13.3. The first-order valence-corrected chi connectivity index (χ1v) is 9.57. The maximum atomic E-state index is 12.9. The van der Waals surface area contributed by atoms with E-state index in [0.29, 0.717) is 37.9 Å². The van der Waals surface area contributed by atoms with Gasteiger partial charge in [-0.15, -0.1) is 0 Å². The highest BCUT2D eigenvalue weighted by molar-refractivity contribution is 7.89. The van der Waals surface area contributed by atoms with Gasteiger partial charge in [-0.2, -0.15) is 0 Å². The van der Waals surface area contributed by atoms with Crippen molar-refractivity contribution in [2.75, 3.05) is 18.8 Å². The maximum Gasteiger partial charge on any atom is 0.251 e. The van der Waals surface area contributed by atoms with Gasteiger partial charge in [0, 0.05) is 24.7 Å². The number of amides is 1. The summed E-state index contributed by atoms with van der Waals surface area (Å²) in [5, 5.41) is 2.89. The lowest BCUT2D eigenvalue weighted by molar-refractivity contribution is 0.0924. The fourth-order valence-electron chi connectivity index (χ4n) is 2.60. The lowest BCUT2D eigenvalue weighted by atomic mass is 10.1. The molecular formula is C16H23FN2O3S. The highest BCUT2D eigenvalue weighted by atomic mass is 32.2. The van der Waals surface area contributed by atoms with Crippen LogP contribution in [-0.4, -0.2) is 43.5 Å². The van der Waals surface area contributed by atoms with Crippen molar-refractivity contribution in [2.24, 2.45) is 0 Å². The van der Waals surface area contributed by atoms with Gasteiger partial charge in [0.15, 0.2) is 0 Å². The van der Waals surface area contributed by atoms with Crippen LogP contribution in [-0.2, 0) is 10.0 Å². The van der Waals surface area contributed by atoms with Gasteiger partial charge in [0.05, 0.1) is 5.75 Å². The molecule has 1 heterocycles. The van der Waals surface area contributed by atoms with Crippen LogP contribution in [0.25, 0.3) is 0 Å². The Kier molecular flexibility index (Phi) is 6.12. The molecule has 1 aliphatic rings. The van der Waals surface area contributed by atoms with Gasteiger partial charge in [-0.3, -0.25) is 4.79 Å². The van der Waals surface area contributed by atoms with Crippen molar-refractivity contribution >= 4 is 15.9 Å². The molecule has 1 saturated heterocycles. The van der Waals surface area contributed by atoms with E-state index in [0.717, 1.165) is 6.42 Å². The van der Waals surface area contributed by atoms with Crippen molar-refractivity contribution in [3.05, 3.63) is 35.6 Å². The zero-order valence-corrected chi connectivity index (χ0v) is 14.1. The number of nitrogens with zero attached hydrogens (tertiary/aromatic N) is 1. The molecule has 1 fully saturated rings. The number of piperidine rings is 1. The van der Waals surface area contributed by atoms with Crippen molar-refractivity contribution in [2.45, 2.75) is 38.6 Å².